The van der Waals surface area contributed by atoms with Crippen LogP contribution in [0.4, 0.5) is 21.0 Å². The van der Waals surface area contributed by atoms with E-state index in [4.69, 9.17) is 0 Å². The van der Waals surface area contributed by atoms with Crippen molar-refractivity contribution in [2.75, 3.05) is 36.8 Å². The zero-order chi connectivity index (χ0) is 24.6. The van der Waals surface area contributed by atoms with E-state index in [1.165, 1.54) is 0 Å². The molecule has 0 saturated heterocycles. The number of hydrogen-bond acceptors (Lipinski definition) is 6. The van der Waals surface area contributed by atoms with Gasteiger partial charge in [-0.1, -0.05) is 0 Å². The SMILES string of the molecule is CC1CN=C(c2ccc(NC(=O)NCCCNC(=O)Nc3ccc(C4=NCC(C)N4)cc3)cc2)N1.Cl. The predicted molar refractivity (Wildman–Crippen MR) is 147 cm³/mol. The quantitative estimate of drug-likeness (QED) is 0.303. The number of nitrogens with one attached hydrogen (secondary N) is 6. The molecular weight excluding hydrogens is 480 g/mol. The molecule has 2 aromatic rings. The zero-order valence-electron chi connectivity index (χ0n) is 20.4. The third-order valence-electron chi connectivity index (χ3n) is 5.57. The van der Waals surface area contributed by atoms with Gasteiger partial charge in [0.05, 0.1) is 13.1 Å². The average molecular weight is 513 g/mol. The molecule has 0 spiro atoms. The number of amidine groups is 2. The first-order valence-electron chi connectivity index (χ1n) is 11.9. The molecule has 2 aromatic carbocycles. The van der Waals surface area contributed by atoms with Crippen molar-refractivity contribution in [3.05, 3.63) is 59.7 Å². The fraction of sp³-hybridized carbons (Fsp3) is 0.360. The lowest BCUT2D eigenvalue weighted by Gasteiger charge is -2.11. The van der Waals surface area contributed by atoms with E-state index in [2.05, 4.69) is 55.7 Å². The van der Waals surface area contributed by atoms with Crippen molar-refractivity contribution >= 4 is 47.5 Å². The maximum atomic E-state index is 12.1. The monoisotopic (exact) mass is 512 g/mol. The molecule has 0 radical (unpaired) electrons. The minimum absolute atomic E-state index is 0. The van der Waals surface area contributed by atoms with E-state index < -0.39 is 0 Å². The van der Waals surface area contributed by atoms with Crippen molar-refractivity contribution in [3.63, 3.8) is 0 Å². The van der Waals surface area contributed by atoms with Gasteiger partial charge >= 0.3 is 12.1 Å². The third-order valence-corrected chi connectivity index (χ3v) is 5.57. The summed E-state index contributed by atoms with van der Waals surface area (Å²) < 4.78 is 0. The number of rotatable bonds is 8. The van der Waals surface area contributed by atoms with Crippen LogP contribution in [-0.4, -0.2) is 62.0 Å². The van der Waals surface area contributed by atoms with Crippen LogP contribution in [0.25, 0.3) is 0 Å². The molecule has 0 aromatic heterocycles. The van der Waals surface area contributed by atoms with Gasteiger partial charge in [0.15, 0.2) is 0 Å². The maximum Gasteiger partial charge on any atom is 0.319 e. The fourth-order valence-corrected chi connectivity index (χ4v) is 3.72. The lowest BCUT2D eigenvalue weighted by Crippen LogP contribution is -2.34. The summed E-state index contributed by atoms with van der Waals surface area (Å²) in [6, 6.07) is 15.2. The zero-order valence-corrected chi connectivity index (χ0v) is 21.2. The molecule has 36 heavy (non-hydrogen) atoms. The van der Waals surface area contributed by atoms with E-state index in [0.717, 1.165) is 35.9 Å². The minimum Gasteiger partial charge on any atom is -0.366 e. The molecule has 4 amide bonds. The van der Waals surface area contributed by atoms with Gasteiger partial charge in [-0.3, -0.25) is 9.98 Å². The van der Waals surface area contributed by atoms with Crippen LogP contribution < -0.4 is 31.9 Å². The Morgan fingerprint density at radius 1 is 0.750 bits per heavy atom. The second-order valence-corrected chi connectivity index (χ2v) is 8.74. The molecule has 6 N–H and O–H groups in total. The highest BCUT2D eigenvalue weighted by molar-refractivity contribution is 6.01. The number of halogens is 1. The molecule has 0 fully saturated rings. The van der Waals surface area contributed by atoms with Gasteiger partial charge < -0.3 is 31.9 Å². The normalized spacial score (nSPS) is 18.1. The van der Waals surface area contributed by atoms with Gasteiger partial charge in [-0.05, 0) is 68.8 Å². The number of aliphatic imine (C=N–C) groups is 2. The number of hydrogen-bond donors (Lipinski definition) is 6. The van der Waals surface area contributed by atoms with Crippen molar-refractivity contribution in [1.29, 1.82) is 0 Å². The predicted octanol–water partition coefficient (Wildman–Crippen LogP) is 2.92. The molecule has 0 saturated carbocycles. The second-order valence-electron chi connectivity index (χ2n) is 8.74. The topological polar surface area (TPSA) is 131 Å². The number of urea groups is 2. The molecule has 10 nitrogen and oxygen atoms in total. The summed E-state index contributed by atoms with van der Waals surface area (Å²) in [4.78, 5) is 33.1. The van der Waals surface area contributed by atoms with Gasteiger partial charge in [0, 0.05) is 47.7 Å². The van der Waals surface area contributed by atoms with Crippen LogP contribution in [0.3, 0.4) is 0 Å². The van der Waals surface area contributed by atoms with Crippen LogP contribution >= 0.6 is 12.4 Å². The van der Waals surface area contributed by atoms with E-state index >= 15 is 0 Å². The lowest BCUT2D eigenvalue weighted by atomic mass is 10.2. The Kier molecular flexibility index (Phi) is 9.52. The van der Waals surface area contributed by atoms with Gasteiger partial charge in [-0.15, -0.1) is 12.4 Å². The molecule has 2 atom stereocenters. The van der Waals surface area contributed by atoms with Crippen LogP contribution in [0, 0.1) is 0 Å². The lowest BCUT2D eigenvalue weighted by molar-refractivity contribution is 0.251. The average Bonchev–Trinajstić information content (AvgIpc) is 3.48. The van der Waals surface area contributed by atoms with Gasteiger partial charge in [0.25, 0.3) is 0 Å². The number of benzene rings is 2. The van der Waals surface area contributed by atoms with Crippen molar-refractivity contribution in [2.45, 2.75) is 32.4 Å². The van der Waals surface area contributed by atoms with Gasteiger partial charge in [-0.25, -0.2) is 9.59 Å². The molecule has 2 aliphatic heterocycles. The van der Waals surface area contributed by atoms with Crippen molar-refractivity contribution in [3.8, 4) is 0 Å². The summed E-state index contributed by atoms with van der Waals surface area (Å²) >= 11 is 0. The summed E-state index contributed by atoms with van der Waals surface area (Å²) in [5.41, 5.74) is 3.39. The number of amides is 4. The highest BCUT2D eigenvalue weighted by Gasteiger charge is 2.15. The molecule has 0 aliphatic carbocycles. The first-order valence-corrected chi connectivity index (χ1v) is 11.9. The molecule has 11 heteroatoms. The summed E-state index contributed by atoms with van der Waals surface area (Å²) in [6.07, 6.45) is 0.603. The van der Waals surface area contributed by atoms with E-state index in [1.807, 2.05) is 48.5 Å². The minimum atomic E-state index is -0.289. The van der Waals surface area contributed by atoms with Gasteiger partial charge in [0.2, 0.25) is 0 Å². The molecule has 2 heterocycles. The van der Waals surface area contributed by atoms with Crippen LogP contribution in [0.1, 0.15) is 31.4 Å². The Morgan fingerprint density at radius 3 is 1.47 bits per heavy atom. The van der Waals surface area contributed by atoms with Gasteiger partial charge in [0.1, 0.15) is 11.7 Å². The number of anilines is 2. The van der Waals surface area contributed by atoms with E-state index in [-0.39, 0.29) is 24.5 Å². The smallest absolute Gasteiger partial charge is 0.319 e. The van der Waals surface area contributed by atoms with E-state index in [1.54, 1.807) is 0 Å². The fourth-order valence-electron chi connectivity index (χ4n) is 3.72. The molecule has 192 valence electrons. The van der Waals surface area contributed by atoms with Crippen molar-refractivity contribution in [2.24, 2.45) is 9.98 Å². The van der Waals surface area contributed by atoms with Crippen LogP contribution in [0.15, 0.2) is 58.5 Å². The Hall–Kier alpha value is -3.79. The third kappa shape index (κ3) is 7.61. The Morgan fingerprint density at radius 2 is 1.14 bits per heavy atom. The second kappa shape index (κ2) is 12.8. The standard InChI is InChI=1S/C25H32N8O2.ClH/c1-16-14-28-22(30-16)18-4-8-20(9-5-18)32-24(34)26-12-3-13-27-25(35)33-21-10-6-19(7-11-21)23-29-15-17(2)31-23;/h4-11,16-17H,3,12-15H2,1-2H3,(H,28,30)(H,29,31)(H2,26,32,34)(H2,27,33,35);1H. The molecule has 0 bridgehead atoms. The van der Waals surface area contributed by atoms with Crippen LogP contribution in [0.2, 0.25) is 0 Å². The van der Waals surface area contributed by atoms with Crippen molar-refractivity contribution < 1.29 is 9.59 Å². The van der Waals surface area contributed by atoms with E-state index in [9.17, 15) is 9.59 Å². The Bertz CT molecular complexity index is 1010. The largest absolute Gasteiger partial charge is 0.366 e. The first-order chi connectivity index (χ1) is 17.0. The van der Waals surface area contributed by atoms with Gasteiger partial charge in [-0.2, -0.15) is 0 Å². The van der Waals surface area contributed by atoms with Crippen molar-refractivity contribution in [1.82, 2.24) is 21.3 Å². The van der Waals surface area contributed by atoms with E-state index in [0.29, 0.717) is 43.0 Å². The maximum absolute atomic E-state index is 12.1. The number of nitrogens with zero attached hydrogens (tertiary/aromatic N) is 2. The Labute approximate surface area is 217 Å². The molecule has 2 aliphatic rings. The Balaban J connectivity index is 0.00000361. The molecular formula is C25H33ClN8O2. The van der Waals surface area contributed by atoms with Crippen LogP contribution in [-0.2, 0) is 0 Å². The van der Waals surface area contributed by atoms with Crippen LogP contribution in [0.5, 0.6) is 0 Å². The highest BCUT2D eigenvalue weighted by Crippen LogP contribution is 2.13. The summed E-state index contributed by atoms with van der Waals surface area (Å²) in [7, 11) is 0. The summed E-state index contributed by atoms with van der Waals surface area (Å²) in [6.45, 7) is 6.59. The summed E-state index contributed by atoms with van der Waals surface area (Å²) in [5.74, 6) is 1.76. The first kappa shape index (κ1) is 26.8. The number of carbonyl (C=O) groups excluding carboxylic acids is 2. The highest BCUT2D eigenvalue weighted by atomic mass is 35.5. The molecule has 4 rings (SSSR count). The molecule has 2 unspecified atom stereocenters. The summed E-state index contributed by atoms with van der Waals surface area (Å²) in [5, 5.41) is 17.8. The number of carbonyl (C=O) groups is 2.